The van der Waals surface area contributed by atoms with Crippen molar-refractivity contribution in [3.05, 3.63) is 66.1 Å². The monoisotopic (exact) mass is 425 g/mol. The number of anilines is 2. The van der Waals surface area contributed by atoms with Gasteiger partial charge in [0.05, 0.1) is 30.5 Å². The maximum absolute atomic E-state index is 9.51. The van der Waals surface area contributed by atoms with Crippen LogP contribution in [-0.2, 0) is 11.2 Å². The van der Waals surface area contributed by atoms with E-state index in [9.17, 15) is 5.26 Å². The van der Waals surface area contributed by atoms with Crippen LogP contribution in [-0.4, -0.2) is 52.8 Å². The third kappa shape index (κ3) is 4.24. The van der Waals surface area contributed by atoms with Crippen LogP contribution >= 0.6 is 0 Å². The Morgan fingerprint density at radius 2 is 2.06 bits per heavy atom. The summed E-state index contributed by atoms with van der Waals surface area (Å²) in [6, 6.07) is 14.0. The molecule has 0 amide bonds. The molecule has 160 valence electrons. The van der Waals surface area contributed by atoms with E-state index in [1.807, 2.05) is 42.7 Å². The number of ether oxygens (including phenoxy) is 1. The third-order valence-electron chi connectivity index (χ3n) is 5.54. The van der Waals surface area contributed by atoms with Crippen LogP contribution in [0, 0.1) is 11.3 Å². The molecule has 0 saturated carbocycles. The average Bonchev–Trinajstić information content (AvgIpc) is 3.33. The number of aromatic amines is 1. The molecule has 1 fully saturated rings. The lowest BCUT2D eigenvalue weighted by Crippen LogP contribution is -2.37. The first-order chi connectivity index (χ1) is 15.8. The van der Waals surface area contributed by atoms with Gasteiger partial charge in [0.15, 0.2) is 0 Å². The van der Waals surface area contributed by atoms with Gasteiger partial charge in [0.25, 0.3) is 0 Å². The van der Waals surface area contributed by atoms with Crippen LogP contribution in [0.15, 0.2) is 55.0 Å². The number of morpholine rings is 1. The highest BCUT2D eigenvalue weighted by Gasteiger charge is 2.17. The Bertz CT molecular complexity index is 1260. The fourth-order valence-corrected chi connectivity index (χ4v) is 3.91. The van der Waals surface area contributed by atoms with Gasteiger partial charge >= 0.3 is 0 Å². The van der Waals surface area contributed by atoms with Gasteiger partial charge in [-0.25, -0.2) is 4.98 Å². The molecule has 1 saturated heterocycles. The highest BCUT2D eigenvalue weighted by Crippen LogP contribution is 2.31. The van der Waals surface area contributed by atoms with E-state index in [1.54, 1.807) is 6.20 Å². The van der Waals surface area contributed by atoms with Crippen molar-refractivity contribution in [2.24, 2.45) is 0 Å². The second kappa shape index (κ2) is 9.04. The van der Waals surface area contributed by atoms with Crippen LogP contribution in [0.3, 0.4) is 0 Å². The van der Waals surface area contributed by atoms with Gasteiger partial charge in [-0.3, -0.25) is 4.98 Å². The van der Waals surface area contributed by atoms with Crippen LogP contribution in [0.1, 0.15) is 11.1 Å². The number of fused-ring (bicyclic) bond motifs is 1. The molecule has 0 radical (unpaired) electrons. The van der Waals surface area contributed by atoms with Gasteiger partial charge in [-0.15, -0.1) is 0 Å². The maximum Gasteiger partial charge on any atom is 0.225 e. The largest absolute Gasteiger partial charge is 0.378 e. The van der Waals surface area contributed by atoms with Gasteiger partial charge in [0, 0.05) is 60.8 Å². The molecule has 1 aromatic carbocycles. The minimum absolute atomic E-state index is 0.568. The van der Waals surface area contributed by atoms with Crippen molar-refractivity contribution >= 4 is 22.7 Å². The number of hydrogen-bond acceptors (Lipinski definition) is 7. The molecule has 8 heteroatoms. The second-order valence-corrected chi connectivity index (χ2v) is 7.65. The van der Waals surface area contributed by atoms with E-state index in [0.29, 0.717) is 31.3 Å². The van der Waals surface area contributed by atoms with Gasteiger partial charge in [0.1, 0.15) is 5.82 Å². The summed E-state index contributed by atoms with van der Waals surface area (Å²) in [5, 5.41) is 13.9. The number of H-pyrrole nitrogens is 1. The van der Waals surface area contributed by atoms with E-state index in [0.717, 1.165) is 53.1 Å². The quantitative estimate of drug-likeness (QED) is 0.488. The molecule has 0 bridgehead atoms. The number of nitriles is 1. The van der Waals surface area contributed by atoms with Crippen molar-refractivity contribution in [3.63, 3.8) is 0 Å². The van der Waals surface area contributed by atoms with Crippen molar-refractivity contribution in [3.8, 4) is 17.3 Å². The first kappa shape index (κ1) is 20.0. The molecule has 5 rings (SSSR count). The topological polar surface area (TPSA) is 103 Å². The van der Waals surface area contributed by atoms with Crippen LogP contribution < -0.4 is 10.2 Å². The van der Waals surface area contributed by atoms with Gasteiger partial charge in [-0.05, 0) is 36.2 Å². The Labute approximate surface area is 185 Å². The number of rotatable bonds is 6. The zero-order valence-electron chi connectivity index (χ0n) is 17.6. The average molecular weight is 425 g/mol. The van der Waals surface area contributed by atoms with Crippen molar-refractivity contribution in [2.75, 3.05) is 43.1 Å². The van der Waals surface area contributed by atoms with E-state index in [2.05, 4.69) is 32.3 Å². The molecule has 0 unspecified atom stereocenters. The summed E-state index contributed by atoms with van der Waals surface area (Å²) in [7, 11) is 0. The van der Waals surface area contributed by atoms with Crippen molar-refractivity contribution < 1.29 is 4.74 Å². The van der Waals surface area contributed by atoms with E-state index in [1.165, 1.54) is 0 Å². The Hall–Kier alpha value is -3.96. The van der Waals surface area contributed by atoms with Crippen molar-refractivity contribution in [2.45, 2.75) is 6.42 Å². The summed E-state index contributed by atoms with van der Waals surface area (Å²) in [6.45, 7) is 3.60. The van der Waals surface area contributed by atoms with Gasteiger partial charge < -0.3 is 19.9 Å². The molecule has 3 aromatic heterocycles. The molecular formula is C24H23N7O. The Balaban J connectivity index is 1.51. The molecule has 2 N–H and O–H groups in total. The lowest BCUT2D eigenvalue weighted by atomic mass is 10.0. The lowest BCUT2D eigenvalue weighted by molar-refractivity contribution is 0.122. The Morgan fingerprint density at radius 3 is 2.88 bits per heavy atom. The number of hydrogen-bond donors (Lipinski definition) is 2. The summed E-state index contributed by atoms with van der Waals surface area (Å²) in [5.41, 5.74) is 4.35. The number of nitrogens with zero attached hydrogens (tertiary/aromatic N) is 5. The van der Waals surface area contributed by atoms with Gasteiger partial charge in [0.2, 0.25) is 5.95 Å². The predicted molar refractivity (Wildman–Crippen MR) is 124 cm³/mol. The molecule has 0 atom stereocenters. The molecule has 1 aliphatic rings. The minimum Gasteiger partial charge on any atom is -0.378 e. The van der Waals surface area contributed by atoms with Gasteiger partial charge in [-0.2, -0.15) is 10.2 Å². The van der Waals surface area contributed by atoms with Crippen molar-refractivity contribution in [1.29, 1.82) is 5.26 Å². The first-order valence-electron chi connectivity index (χ1n) is 10.7. The van der Waals surface area contributed by atoms with Crippen LogP contribution in [0.25, 0.3) is 22.2 Å². The number of nitrogens with one attached hydrogen (secondary N) is 2. The molecule has 8 nitrogen and oxygen atoms in total. The zero-order chi connectivity index (χ0) is 21.8. The summed E-state index contributed by atoms with van der Waals surface area (Å²) < 4.78 is 5.51. The van der Waals surface area contributed by atoms with Gasteiger partial charge in [-0.1, -0.05) is 6.07 Å². The summed E-state index contributed by atoms with van der Waals surface area (Å²) in [6.07, 6.45) is 6.34. The van der Waals surface area contributed by atoms with Crippen LogP contribution in [0.5, 0.6) is 0 Å². The molecule has 4 aromatic rings. The van der Waals surface area contributed by atoms with Crippen LogP contribution in [0.4, 0.5) is 11.8 Å². The molecule has 4 heterocycles. The van der Waals surface area contributed by atoms with E-state index >= 15 is 0 Å². The highest BCUT2D eigenvalue weighted by atomic mass is 16.5. The molecule has 32 heavy (non-hydrogen) atoms. The SMILES string of the molecule is N#Cc1cc(-c2cc(N3CCOCC3)nc(NCCc3cccnc3)n2)c2cc[nH]c2c1. The summed E-state index contributed by atoms with van der Waals surface area (Å²) in [4.78, 5) is 19.2. The fraction of sp³-hybridized carbons (Fsp3) is 0.250. The predicted octanol–water partition coefficient (Wildman–Crippen LogP) is 3.38. The smallest absolute Gasteiger partial charge is 0.225 e. The van der Waals surface area contributed by atoms with E-state index < -0.39 is 0 Å². The number of aromatic nitrogens is 4. The van der Waals surface area contributed by atoms with E-state index in [-0.39, 0.29) is 0 Å². The Morgan fingerprint density at radius 1 is 1.16 bits per heavy atom. The number of pyridine rings is 1. The first-order valence-corrected chi connectivity index (χ1v) is 10.7. The Kier molecular flexibility index (Phi) is 5.64. The lowest BCUT2D eigenvalue weighted by Gasteiger charge is -2.28. The zero-order valence-corrected chi connectivity index (χ0v) is 17.6. The molecular weight excluding hydrogens is 402 g/mol. The van der Waals surface area contributed by atoms with Crippen molar-refractivity contribution in [1.82, 2.24) is 19.9 Å². The maximum atomic E-state index is 9.51. The minimum atomic E-state index is 0.568. The fourth-order valence-electron chi connectivity index (χ4n) is 3.91. The third-order valence-corrected chi connectivity index (χ3v) is 5.54. The second-order valence-electron chi connectivity index (χ2n) is 7.65. The normalized spacial score (nSPS) is 13.8. The van der Waals surface area contributed by atoms with Crippen LogP contribution in [0.2, 0.25) is 0 Å². The standard InChI is InChI=1S/C24H23N7O/c25-15-18-12-20(19-4-7-27-21(19)13-18)22-14-23(31-8-10-32-11-9-31)30-24(29-22)28-6-3-17-2-1-5-26-16-17/h1-2,4-5,7,12-14,16,27H,3,6,8-11H2,(H,28,29,30). The molecule has 1 aliphatic heterocycles. The number of benzene rings is 1. The van der Waals surface area contributed by atoms with E-state index in [4.69, 9.17) is 14.7 Å². The highest BCUT2D eigenvalue weighted by molar-refractivity contribution is 5.95. The summed E-state index contributed by atoms with van der Waals surface area (Å²) in [5.74, 6) is 1.42. The summed E-state index contributed by atoms with van der Waals surface area (Å²) >= 11 is 0. The molecule has 0 aliphatic carbocycles. The molecule has 0 spiro atoms.